The summed E-state index contributed by atoms with van der Waals surface area (Å²) >= 11 is 8.73. The van der Waals surface area contributed by atoms with E-state index in [1.807, 2.05) is 24.5 Å². The molecule has 0 bridgehead atoms. The highest BCUT2D eigenvalue weighted by Gasteiger charge is 2.23. The topological polar surface area (TPSA) is 32.3 Å². The van der Waals surface area contributed by atoms with E-state index in [4.69, 9.17) is 0 Å². The molecular weight excluding hydrogens is 356 g/mol. The number of hydrogen-bond acceptors (Lipinski definition) is 7. The molecule has 1 saturated heterocycles. The number of piperidine rings is 1. The van der Waals surface area contributed by atoms with Crippen LogP contribution in [0.15, 0.2) is 46.5 Å². The van der Waals surface area contributed by atoms with Crippen molar-refractivity contribution in [3.63, 3.8) is 0 Å². The van der Waals surface area contributed by atoms with Gasteiger partial charge >= 0.3 is 0 Å². The van der Waals surface area contributed by atoms with Crippen LogP contribution in [-0.2, 0) is 0 Å². The Morgan fingerprint density at radius 3 is 2.92 bits per heavy atom. The van der Waals surface area contributed by atoms with Crippen LogP contribution in [0.5, 0.6) is 0 Å². The Balaban J connectivity index is 1.63. The SMILES string of the molecule is CN(CC1CCCN(c2ccc(SS)cn2)C1)c1ncccc1S. The van der Waals surface area contributed by atoms with E-state index in [1.165, 1.54) is 23.6 Å². The standard InChI is InChI=1S/C17H22N4S3/c1-20(17-15(22)5-2-8-18-17)11-13-4-3-9-21(12-13)16-7-6-14(24-23)10-19-16/h2,5-8,10,13,22-23H,3-4,9,11-12H2,1H3. The lowest BCUT2D eigenvalue weighted by molar-refractivity contribution is 0.415. The van der Waals surface area contributed by atoms with Crippen LogP contribution in [0.2, 0.25) is 0 Å². The Kier molecular flexibility index (Phi) is 6.19. The second-order valence-electron chi connectivity index (χ2n) is 6.12. The van der Waals surface area contributed by atoms with Crippen LogP contribution in [0, 0.1) is 5.92 Å². The maximum atomic E-state index is 4.58. The highest BCUT2D eigenvalue weighted by atomic mass is 33.1. The van der Waals surface area contributed by atoms with Crippen molar-refractivity contribution in [2.75, 3.05) is 36.5 Å². The van der Waals surface area contributed by atoms with E-state index in [2.05, 4.69) is 63.2 Å². The van der Waals surface area contributed by atoms with Gasteiger partial charge in [-0.3, -0.25) is 0 Å². The minimum absolute atomic E-state index is 0.596. The molecule has 2 aromatic heterocycles. The molecule has 0 saturated carbocycles. The monoisotopic (exact) mass is 378 g/mol. The molecule has 1 fully saturated rings. The van der Waals surface area contributed by atoms with Gasteiger partial charge < -0.3 is 9.80 Å². The maximum absolute atomic E-state index is 4.58. The summed E-state index contributed by atoms with van der Waals surface area (Å²) in [5, 5.41) is 0. The van der Waals surface area contributed by atoms with Crippen molar-refractivity contribution in [1.29, 1.82) is 0 Å². The molecular formula is C17H22N4S3. The minimum Gasteiger partial charge on any atom is -0.358 e. The van der Waals surface area contributed by atoms with Crippen LogP contribution in [-0.4, -0.2) is 36.6 Å². The molecule has 24 heavy (non-hydrogen) atoms. The lowest BCUT2D eigenvalue weighted by atomic mass is 9.97. The fourth-order valence-corrected chi connectivity index (χ4v) is 4.06. The molecule has 0 spiro atoms. The van der Waals surface area contributed by atoms with Gasteiger partial charge in [-0.25, -0.2) is 9.97 Å². The molecule has 128 valence electrons. The first-order chi connectivity index (χ1) is 11.7. The van der Waals surface area contributed by atoms with Crippen molar-refractivity contribution in [1.82, 2.24) is 9.97 Å². The summed E-state index contributed by atoms with van der Waals surface area (Å²) < 4.78 is 0. The number of anilines is 2. The van der Waals surface area contributed by atoms with Crippen molar-refractivity contribution in [3.05, 3.63) is 36.7 Å². The van der Waals surface area contributed by atoms with Gasteiger partial charge in [0.25, 0.3) is 0 Å². The van der Waals surface area contributed by atoms with Gasteiger partial charge in [-0.05, 0) is 43.0 Å². The number of aromatic nitrogens is 2. The molecule has 3 heterocycles. The third-order valence-electron chi connectivity index (χ3n) is 4.33. The second-order valence-corrected chi connectivity index (χ2v) is 7.81. The van der Waals surface area contributed by atoms with E-state index >= 15 is 0 Å². The molecule has 7 heteroatoms. The minimum atomic E-state index is 0.596. The molecule has 1 atom stereocenters. The van der Waals surface area contributed by atoms with E-state index in [-0.39, 0.29) is 0 Å². The number of pyridine rings is 2. The van der Waals surface area contributed by atoms with E-state index in [0.29, 0.717) is 5.92 Å². The summed E-state index contributed by atoms with van der Waals surface area (Å²) in [5.41, 5.74) is 0. The average Bonchev–Trinajstić information content (AvgIpc) is 2.62. The zero-order valence-electron chi connectivity index (χ0n) is 13.7. The van der Waals surface area contributed by atoms with Gasteiger partial charge in [0.15, 0.2) is 0 Å². The third kappa shape index (κ3) is 4.32. The average molecular weight is 379 g/mol. The molecule has 1 aliphatic rings. The fourth-order valence-electron chi connectivity index (χ4n) is 3.19. The number of thiol groups is 2. The van der Waals surface area contributed by atoms with Crippen molar-refractivity contribution < 1.29 is 0 Å². The summed E-state index contributed by atoms with van der Waals surface area (Å²) in [6.07, 6.45) is 6.15. The first kappa shape index (κ1) is 17.8. The highest BCUT2D eigenvalue weighted by molar-refractivity contribution is 8.68. The van der Waals surface area contributed by atoms with Crippen molar-refractivity contribution >= 4 is 46.7 Å². The first-order valence-electron chi connectivity index (χ1n) is 8.05. The molecule has 0 radical (unpaired) electrons. The molecule has 0 aliphatic carbocycles. The Bertz CT molecular complexity index is 665. The molecule has 3 rings (SSSR count). The van der Waals surface area contributed by atoms with Crippen molar-refractivity contribution in [2.24, 2.45) is 5.92 Å². The molecule has 2 aromatic rings. The van der Waals surface area contributed by atoms with Gasteiger partial charge in [-0.1, -0.05) is 10.8 Å². The quantitative estimate of drug-likeness (QED) is 0.606. The van der Waals surface area contributed by atoms with Gasteiger partial charge in [0.1, 0.15) is 11.6 Å². The van der Waals surface area contributed by atoms with Gasteiger partial charge in [0, 0.05) is 48.9 Å². The van der Waals surface area contributed by atoms with Crippen LogP contribution in [0.25, 0.3) is 0 Å². The van der Waals surface area contributed by atoms with Crippen molar-refractivity contribution in [2.45, 2.75) is 22.6 Å². The van der Waals surface area contributed by atoms with Crippen LogP contribution in [0.4, 0.5) is 11.6 Å². The largest absolute Gasteiger partial charge is 0.358 e. The van der Waals surface area contributed by atoms with Gasteiger partial charge in [0.2, 0.25) is 0 Å². The Hall–Kier alpha value is -1.05. The predicted molar refractivity (Wildman–Crippen MR) is 109 cm³/mol. The molecule has 4 nitrogen and oxygen atoms in total. The highest BCUT2D eigenvalue weighted by Crippen LogP contribution is 2.27. The van der Waals surface area contributed by atoms with E-state index < -0.39 is 0 Å². The van der Waals surface area contributed by atoms with Gasteiger partial charge in [0.05, 0.1) is 0 Å². The number of nitrogens with zero attached hydrogens (tertiary/aromatic N) is 4. The van der Waals surface area contributed by atoms with Crippen LogP contribution < -0.4 is 9.80 Å². The van der Waals surface area contributed by atoms with Crippen LogP contribution in [0.1, 0.15) is 12.8 Å². The lowest BCUT2D eigenvalue weighted by Gasteiger charge is -2.35. The number of rotatable bonds is 5. The summed E-state index contributed by atoms with van der Waals surface area (Å²) in [7, 11) is 3.52. The smallest absolute Gasteiger partial charge is 0.141 e. The molecule has 0 aromatic carbocycles. The molecule has 0 N–H and O–H groups in total. The van der Waals surface area contributed by atoms with Gasteiger partial charge in [-0.15, -0.1) is 24.3 Å². The molecule has 1 unspecified atom stereocenters. The van der Waals surface area contributed by atoms with E-state index in [9.17, 15) is 0 Å². The van der Waals surface area contributed by atoms with E-state index in [0.717, 1.165) is 41.1 Å². The summed E-state index contributed by atoms with van der Waals surface area (Å²) in [4.78, 5) is 15.6. The summed E-state index contributed by atoms with van der Waals surface area (Å²) in [6.45, 7) is 3.08. The summed E-state index contributed by atoms with van der Waals surface area (Å²) in [5.74, 6) is 2.60. The number of hydrogen-bond donors (Lipinski definition) is 2. The first-order valence-corrected chi connectivity index (χ1v) is 10.4. The molecule has 0 amide bonds. The lowest BCUT2D eigenvalue weighted by Crippen LogP contribution is -2.40. The second kappa shape index (κ2) is 8.36. The van der Waals surface area contributed by atoms with Crippen molar-refractivity contribution in [3.8, 4) is 0 Å². The summed E-state index contributed by atoms with van der Waals surface area (Å²) in [6, 6.07) is 8.08. The Labute approximate surface area is 158 Å². The fraction of sp³-hybridized carbons (Fsp3) is 0.412. The Morgan fingerprint density at radius 2 is 2.21 bits per heavy atom. The van der Waals surface area contributed by atoms with E-state index in [1.54, 1.807) is 0 Å². The zero-order valence-corrected chi connectivity index (χ0v) is 16.3. The predicted octanol–water partition coefficient (Wildman–Crippen LogP) is 4.06. The third-order valence-corrected chi connectivity index (χ3v) is 5.76. The van der Waals surface area contributed by atoms with Crippen LogP contribution in [0.3, 0.4) is 0 Å². The molecule has 1 aliphatic heterocycles. The van der Waals surface area contributed by atoms with Crippen LogP contribution >= 0.6 is 35.1 Å². The Morgan fingerprint density at radius 1 is 1.33 bits per heavy atom. The zero-order chi connectivity index (χ0) is 16.9. The maximum Gasteiger partial charge on any atom is 0.141 e. The normalized spacial score (nSPS) is 17.8. The van der Waals surface area contributed by atoms with Gasteiger partial charge in [-0.2, -0.15) is 0 Å².